The predicted molar refractivity (Wildman–Crippen MR) is 65.8 cm³/mol. The van der Waals surface area contributed by atoms with E-state index in [1.807, 2.05) is 0 Å². The van der Waals surface area contributed by atoms with Crippen LogP contribution in [0, 0.1) is 0 Å². The molecular weight excluding hydrogens is 285 g/mol. The first-order valence-electron chi connectivity index (χ1n) is 3.17. The molecule has 8 N–H and O–H groups in total. The summed E-state index contributed by atoms with van der Waals surface area (Å²) < 4.78 is 0. The summed E-state index contributed by atoms with van der Waals surface area (Å²) in [7, 11) is 0. The van der Waals surface area contributed by atoms with E-state index in [1.54, 1.807) is 0 Å². The van der Waals surface area contributed by atoms with Crippen LogP contribution in [0.1, 0.15) is 12.8 Å². The standard InChI is InChI=1S/C6H8O7.3Na.2H2O.3H/c7-3(8)1-6(13,5(11)12)2-4(9)10;;;;;;;;/h13H,1-2H2,(H,7,8)(H,9,10)(H,11,12);;;;2*1H2;;;. The molecule has 96 valence electrons. The summed E-state index contributed by atoms with van der Waals surface area (Å²) in [6.07, 6.45) is -2.29. The molecule has 9 nitrogen and oxygen atoms in total. The second-order valence-electron chi connectivity index (χ2n) is 2.48. The zero-order valence-electron chi connectivity index (χ0n) is 7.43. The van der Waals surface area contributed by atoms with Gasteiger partial charge in [-0.15, -0.1) is 0 Å². The Kier molecular flexibility index (Phi) is 33.2. The molecule has 0 fully saturated rings. The van der Waals surface area contributed by atoms with Gasteiger partial charge in [0.2, 0.25) is 0 Å². The average Bonchev–Trinajstić information content (AvgIpc) is 1.82. The van der Waals surface area contributed by atoms with Crippen molar-refractivity contribution < 1.29 is 45.8 Å². The molecule has 0 atom stereocenters. The van der Waals surface area contributed by atoms with E-state index >= 15 is 0 Å². The minimum absolute atomic E-state index is 0. The zero-order chi connectivity index (χ0) is 10.6. The van der Waals surface area contributed by atoms with E-state index in [0.717, 1.165) is 0 Å². The van der Waals surface area contributed by atoms with E-state index in [1.165, 1.54) is 0 Å². The van der Waals surface area contributed by atoms with Crippen molar-refractivity contribution in [1.82, 2.24) is 0 Å². The molecule has 0 spiro atoms. The molecule has 0 unspecified atom stereocenters. The Morgan fingerprint density at radius 3 is 1.11 bits per heavy atom. The van der Waals surface area contributed by atoms with Crippen LogP contribution in [0.15, 0.2) is 0 Å². The van der Waals surface area contributed by atoms with Crippen molar-refractivity contribution in [2.24, 2.45) is 0 Å². The van der Waals surface area contributed by atoms with E-state index in [2.05, 4.69) is 0 Å². The number of aliphatic carboxylic acids is 3. The molecule has 0 radical (unpaired) electrons. The molecule has 0 saturated carbocycles. The minimum atomic E-state index is -2.74. The molecule has 0 aromatic carbocycles. The fourth-order valence-corrected chi connectivity index (χ4v) is 0.714. The summed E-state index contributed by atoms with van der Waals surface area (Å²) in [5, 5.41) is 33.8. The van der Waals surface area contributed by atoms with Gasteiger partial charge < -0.3 is 31.4 Å². The Bertz CT molecular complexity index is 241. The Hall–Kier alpha value is 1.29. The average molecular weight is 300 g/mol. The second kappa shape index (κ2) is 16.3. The number of aliphatic hydroxyl groups is 1. The number of hydrogen-bond acceptors (Lipinski definition) is 4. The van der Waals surface area contributed by atoms with Gasteiger partial charge in [-0.2, -0.15) is 0 Å². The molecule has 0 heterocycles. The van der Waals surface area contributed by atoms with Gasteiger partial charge >= 0.3 is 107 Å². The van der Waals surface area contributed by atoms with Gasteiger partial charge in [0.15, 0.2) is 5.60 Å². The van der Waals surface area contributed by atoms with Crippen LogP contribution in [0.4, 0.5) is 0 Å². The summed E-state index contributed by atoms with van der Waals surface area (Å²) in [5.74, 6) is -5.02. The molecule has 0 aliphatic carbocycles. The van der Waals surface area contributed by atoms with Gasteiger partial charge in [0.1, 0.15) is 0 Å². The Labute approximate surface area is 168 Å². The Balaban J connectivity index is -0.0000000720. The number of carboxylic acid groups (broad SMARTS) is 3. The van der Waals surface area contributed by atoms with Gasteiger partial charge in [-0.25, -0.2) is 4.79 Å². The SMILES string of the molecule is O.O.O=C(O)CC(O)(CC(=O)O)C(=O)O.[NaH].[NaH].[NaH]. The van der Waals surface area contributed by atoms with E-state index in [-0.39, 0.29) is 99.6 Å². The van der Waals surface area contributed by atoms with Crippen molar-refractivity contribution in [2.75, 3.05) is 0 Å². The van der Waals surface area contributed by atoms with Gasteiger partial charge in [-0.05, 0) is 0 Å². The first kappa shape index (κ1) is 36.5. The van der Waals surface area contributed by atoms with E-state index < -0.39 is 36.4 Å². The van der Waals surface area contributed by atoms with Gasteiger partial charge in [-0.1, -0.05) is 0 Å². The van der Waals surface area contributed by atoms with E-state index in [4.69, 9.17) is 20.4 Å². The van der Waals surface area contributed by atoms with Crippen molar-refractivity contribution in [3.05, 3.63) is 0 Å². The van der Waals surface area contributed by atoms with Crippen molar-refractivity contribution in [3.8, 4) is 0 Å². The first-order chi connectivity index (χ1) is 5.78. The third-order valence-electron chi connectivity index (χ3n) is 1.29. The fraction of sp³-hybridized carbons (Fsp3) is 0.500. The first-order valence-corrected chi connectivity index (χ1v) is 3.17. The van der Waals surface area contributed by atoms with Crippen LogP contribution >= 0.6 is 0 Å². The van der Waals surface area contributed by atoms with Crippen LogP contribution in [0.25, 0.3) is 0 Å². The molecule has 0 aromatic rings. The molecule has 0 aliphatic heterocycles. The van der Waals surface area contributed by atoms with Crippen LogP contribution in [-0.2, 0) is 14.4 Å². The molecule has 0 aromatic heterocycles. The summed E-state index contributed by atoms with van der Waals surface area (Å²) in [6, 6.07) is 0. The van der Waals surface area contributed by atoms with Gasteiger partial charge in [-0.3, -0.25) is 9.59 Å². The Morgan fingerprint density at radius 2 is 1.00 bits per heavy atom. The summed E-state index contributed by atoms with van der Waals surface area (Å²) >= 11 is 0. The second-order valence-corrected chi connectivity index (χ2v) is 2.48. The third kappa shape index (κ3) is 15.3. The zero-order valence-corrected chi connectivity index (χ0v) is 7.43. The molecule has 12 heteroatoms. The number of rotatable bonds is 5. The Morgan fingerprint density at radius 1 is 0.778 bits per heavy atom. The van der Waals surface area contributed by atoms with Crippen LogP contribution in [-0.4, -0.2) is 144 Å². The quantitative estimate of drug-likeness (QED) is 0.365. The summed E-state index contributed by atoms with van der Waals surface area (Å²) in [6.45, 7) is 0. The molecule has 18 heavy (non-hydrogen) atoms. The predicted octanol–water partition coefficient (Wildman–Crippen LogP) is -4.84. The van der Waals surface area contributed by atoms with Crippen LogP contribution < -0.4 is 0 Å². The number of carbonyl (C=O) groups is 3. The number of hydrogen-bond donors (Lipinski definition) is 4. The van der Waals surface area contributed by atoms with Gasteiger partial charge in [0.25, 0.3) is 0 Å². The van der Waals surface area contributed by atoms with Crippen LogP contribution in [0.2, 0.25) is 0 Å². The summed E-state index contributed by atoms with van der Waals surface area (Å²) in [5.41, 5.74) is -2.74. The maximum atomic E-state index is 10.3. The van der Waals surface area contributed by atoms with Crippen molar-refractivity contribution in [1.29, 1.82) is 0 Å². The van der Waals surface area contributed by atoms with E-state index in [9.17, 15) is 14.4 Å². The van der Waals surface area contributed by atoms with Crippen LogP contribution in [0.5, 0.6) is 0 Å². The van der Waals surface area contributed by atoms with E-state index in [0.29, 0.717) is 0 Å². The summed E-state index contributed by atoms with van der Waals surface area (Å²) in [4.78, 5) is 30.5. The van der Waals surface area contributed by atoms with Crippen molar-refractivity contribution in [3.63, 3.8) is 0 Å². The molecule has 0 aliphatic rings. The maximum absolute atomic E-state index is 10.3. The topological polar surface area (TPSA) is 195 Å². The molecule has 0 bridgehead atoms. The fourth-order valence-electron chi connectivity index (χ4n) is 0.714. The monoisotopic (exact) mass is 300 g/mol. The molecule has 0 amide bonds. The van der Waals surface area contributed by atoms with Crippen molar-refractivity contribution in [2.45, 2.75) is 18.4 Å². The molecule has 0 saturated heterocycles. The van der Waals surface area contributed by atoms with Crippen LogP contribution in [0.3, 0.4) is 0 Å². The molecule has 0 rings (SSSR count). The van der Waals surface area contributed by atoms with Gasteiger partial charge in [0, 0.05) is 0 Å². The number of carboxylic acids is 3. The third-order valence-corrected chi connectivity index (χ3v) is 1.29. The molecular formula is C6H15Na3O9. The normalized spacial score (nSPS) is 7.83. The van der Waals surface area contributed by atoms with Crippen molar-refractivity contribution >= 4 is 107 Å². The van der Waals surface area contributed by atoms with Gasteiger partial charge in [0.05, 0.1) is 12.8 Å².